The number of rotatable bonds is 8. The average Bonchev–Trinajstić information content (AvgIpc) is 3.31. The first-order valence-electron chi connectivity index (χ1n) is 11.5. The largest absolute Gasteiger partial charge is 0.452 e. The van der Waals surface area contributed by atoms with E-state index in [1.165, 1.54) is 12.1 Å². The van der Waals surface area contributed by atoms with E-state index in [1.807, 2.05) is 61.5 Å². The van der Waals surface area contributed by atoms with Crippen LogP contribution in [0.3, 0.4) is 0 Å². The number of amides is 1. The van der Waals surface area contributed by atoms with Gasteiger partial charge in [-0.3, -0.25) is 9.78 Å². The molecule has 4 aromatic rings. The van der Waals surface area contributed by atoms with Crippen molar-refractivity contribution in [1.29, 1.82) is 0 Å². The van der Waals surface area contributed by atoms with E-state index in [0.717, 1.165) is 16.8 Å². The predicted molar refractivity (Wildman–Crippen MR) is 149 cm³/mol. The van der Waals surface area contributed by atoms with Gasteiger partial charge in [-0.25, -0.2) is 4.39 Å². The van der Waals surface area contributed by atoms with Crippen LogP contribution in [0.25, 0.3) is 16.6 Å². The van der Waals surface area contributed by atoms with Gasteiger partial charge in [-0.2, -0.15) is 0 Å². The molecule has 0 spiro atoms. The molecular weight excluding hydrogens is 489 g/mol. The zero-order chi connectivity index (χ0) is 26.4. The molecular formula is C28H26FN5O2S. The van der Waals surface area contributed by atoms with E-state index in [9.17, 15) is 9.18 Å². The van der Waals surface area contributed by atoms with E-state index >= 15 is 0 Å². The molecule has 0 bridgehead atoms. The molecule has 2 heterocycles. The van der Waals surface area contributed by atoms with Crippen molar-refractivity contribution >= 4 is 45.5 Å². The van der Waals surface area contributed by atoms with Crippen molar-refractivity contribution in [1.82, 2.24) is 20.2 Å². The van der Waals surface area contributed by atoms with E-state index in [-0.39, 0.29) is 23.2 Å². The quantitative estimate of drug-likeness (QED) is 0.250. The lowest BCUT2D eigenvalue weighted by Crippen LogP contribution is -2.35. The van der Waals surface area contributed by atoms with Gasteiger partial charge in [0.2, 0.25) is 5.91 Å². The monoisotopic (exact) mass is 515 g/mol. The Balaban J connectivity index is 1.44. The number of fused-ring (bicyclic) bond motifs is 1. The number of ether oxygens (including phenoxy) is 1. The number of halogens is 1. The highest BCUT2D eigenvalue weighted by molar-refractivity contribution is 7.80. The van der Waals surface area contributed by atoms with Gasteiger partial charge < -0.3 is 25.3 Å². The number of thiocarbonyl (C=S) groups is 1. The molecule has 1 amide bonds. The Morgan fingerprint density at radius 3 is 2.70 bits per heavy atom. The smallest absolute Gasteiger partial charge is 0.230 e. The van der Waals surface area contributed by atoms with E-state index < -0.39 is 5.82 Å². The van der Waals surface area contributed by atoms with Gasteiger partial charge in [-0.1, -0.05) is 36.9 Å². The number of carbonyl (C=O) groups excluding carboxylic acids is 1. The number of hydrogen-bond donors (Lipinski definition) is 3. The second kappa shape index (κ2) is 11.5. The van der Waals surface area contributed by atoms with Gasteiger partial charge in [0.25, 0.3) is 0 Å². The van der Waals surface area contributed by atoms with Gasteiger partial charge in [0.05, 0.1) is 11.9 Å². The molecule has 0 atom stereocenters. The molecule has 0 aliphatic rings. The van der Waals surface area contributed by atoms with Crippen molar-refractivity contribution in [2.45, 2.75) is 13.3 Å². The van der Waals surface area contributed by atoms with Crippen LogP contribution in [0.15, 0.2) is 85.8 Å². The number of allylic oxidation sites excluding steroid dienone is 1. The first kappa shape index (κ1) is 25.6. The number of pyridine rings is 1. The van der Waals surface area contributed by atoms with Crippen molar-refractivity contribution in [3.8, 4) is 11.5 Å². The molecule has 0 aliphatic carbocycles. The van der Waals surface area contributed by atoms with Gasteiger partial charge in [-0.15, -0.1) is 0 Å². The van der Waals surface area contributed by atoms with Crippen LogP contribution in [0, 0.1) is 5.82 Å². The average molecular weight is 516 g/mol. The molecule has 0 radical (unpaired) electrons. The van der Waals surface area contributed by atoms with Crippen LogP contribution >= 0.6 is 12.2 Å². The van der Waals surface area contributed by atoms with Gasteiger partial charge >= 0.3 is 0 Å². The second-order valence-electron chi connectivity index (χ2n) is 8.32. The number of carbonyl (C=O) groups is 1. The fourth-order valence-electron chi connectivity index (χ4n) is 3.62. The summed E-state index contributed by atoms with van der Waals surface area (Å²) >= 11 is 5.20. The molecule has 0 fully saturated rings. The highest BCUT2D eigenvalue weighted by Gasteiger charge is 2.13. The molecule has 0 aliphatic heterocycles. The minimum absolute atomic E-state index is 0.0342. The minimum Gasteiger partial charge on any atom is -0.452 e. The molecule has 37 heavy (non-hydrogen) atoms. The van der Waals surface area contributed by atoms with Gasteiger partial charge in [0, 0.05) is 43.0 Å². The Bertz CT molecular complexity index is 1480. The fourth-order valence-corrected chi connectivity index (χ4v) is 3.85. The van der Waals surface area contributed by atoms with Crippen LogP contribution in [0.2, 0.25) is 0 Å². The van der Waals surface area contributed by atoms with Gasteiger partial charge in [-0.05, 0) is 54.7 Å². The minimum atomic E-state index is -0.594. The lowest BCUT2D eigenvalue weighted by Gasteiger charge is -2.12. The second-order valence-corrected chi connectivity index (χ2v) is 8.73. The highest BCUT2D eigenvalue weighted by Crippen LogP contribution is 2.32. The molecule has 0 unspecified atom stereocenters. The molecule has 0 saturated carbocycles. The first-order chi connectivity index (χ1) is 17.8. The van der Waals surface area contributed by atoms with Crippen LogP contribution in [0.4, 0.5) is 10.1 Å². The summed E-state index contributed by atoms with van der Waals surface area (Å²) in [6.07, 6.45) is 5.42. The van der Waals surface area contributed by atoms with Gasteiger partial charge in [0.1, 0.15) is 5.52 Å². The number of benzene rings is 2. The van der Waals surface area contributed by atoms with E-state index in [0.29, 0.717) is 22.5 Å². The standard InChI is InChI=1S/C28H26FN5O2S/c1-4-34(3)17-18(2)22-16-23-27(32-22)25(12-13-30-23)36-24-11-10-20(15-21(24)29)31-28(37)33-26(35)14-19-8-6-5-7-9-19/h4-13,15-17,32H,1,14H2,2-3H3,(H2,31,33,35,37)/b18-17+. The van der Waals surface area contributed by atoms with Crippen molar-refractivity contribution in [2.75, 3.05) is 12.4 Å². The highest BCUT2D eigenvalue weighted by atomic mass is 32.1. The molecule has 2 aromatic carbocycles. The van der Waals surface area contributed by atoms with Crippen molar-refractivity contribution < 1.29 is 13.9 Å². The Morgan fingerprint density at radius 1 is 1.19 bits per heavy atom. The van der Waals surface area contributed by atoms with Crippen LogP contribution < -0.4 is 15.4 Å². The van der Waals surface area contributed by atoms with Crippen LogP contribution in [-0.2, 0) is 11.2 Å². The summed E-state index contributed by atoms with van der Waals surface area (Å²) in [7, 11) is 1.89. The molecule has 0 saturated heterocycles. The molecule has 2 aromatic heterocycles. The molecule has 3 N–H and O–H groups in total. The van der Waals surface area contributed by atoms with Crippen LogP contribution in [0.1, 0.15) is 18.2 Å². The SMILES string of the molecule is C=CN(C)/C=C(\C)c1cc2nccc(Oc3ccc(NC(=S)NC(=O)Cc4ccccc4)cc3F)c2[nH]1. The van der Waals surface area contributed by atoms with Crippen LogP contribution in [0.5, 0.6) is 11.5 Å². The number of aromatic amines is 1. The fraction of sp³-hybridized carbons (Fsp3) is 0.107. The number of nitrogens with zero attached hydrogens (tertiary/aromatic N) is 2. The van der Waals surface area contributed by atoms with Crippen molar-refractivity contribution in [2.24, 2.45) is 0 Å². The number of hydrogen-bond acceptors (Lipinski definition) is 5. The Kier molecular flexibility index (Phi) is 7.95. The first-order valence-corrected chi connectivity index (χ1v) is 11.9. The lowest BCUT2D eigenvalue weighted by atomic mass is 10.1. The van der Waals surface area contributed by atoms with Crippen LogP contribution in [-0.4, -0.2) is 32.9 Å². The number of anilines is 1. The topological polar surface area (TPSA) is 82.3 Å². The Morgan fingerprint density at radius 2 is 1.97 bits per heavy atom. The zero-order valence-corrected chi connectivity index (χ0v) is 21.2. The maximum Gasteiger partial charge on any atom is 0.230 e. The molecule has 7 nitrogen and oxygen atoms in total. The predicted octanol–water partition coefficient (Wildman–Crippen LogP) is 5.99. The Hall–Kier alpha value is -4.50. The van der Waals surface area contributed by atoms with E-state index in [2.05, 4.69) is 27.2 Å². The summed E-state index contributed by atoms with van der Waals surface area (Å²) < 4.78 is 20.8. The summed E-state index contributed by atoms with van der Waals surface area (Å²) in [4.78, 5) is 21.7. The molecule has 9 heteroatoms. The van der Waals surface area contributed by atoms with Crippen molar-refractivity contribution in [3.05, 3.63) is 103 Å². The Labute approximate surface area is 219 Å². The van der Waals surface area contributed by atoms with Crippen molar-refractivity contribution in [3.63, 3.8) is 0 Å². The lowest BCUT2D eigenvalue weighted by molar-refractivity contribution is -0.119. The third-order valence-electron chi connectivity index (χ3n) is 5.46. The summed E-state index contributed by atoms with van der Waals surface area (Å²) in [6, 6.07) is 17.2. The van der Waals surface area contributed by atoms with Gasteiger partial charge in [0.15, 0.2) is 22.4 Å². The summed E-state index contributed by atoms with van der Waals surface area (Å²) in [5, 5.41) is 5.51. The number of nitrogens with one attached hydrogen (secondary N) is 3. The number of aromatic nitrogens is 2. The summed E-state index contributed by atoms with van der Waals surface area (Å²) in [6.45, 7) is 5.71. The third kappa shape index (κ3) is 6.59. The van der Waals surface area contributed by atoms with E-state index in [1.54, 1.807) is 24.5 Å². The zero-order valence-electron chi connectivity index (χ0n) is 20.4. The maximum atomic E-state index is 14.9. The normalized spacial score (nSPS) is 11.2. The number of H-pyrrole nitrogens is 1. The third-order valence-corrected chi connectivity index (χ3v) is 5.67. The van der Waals surface area contributed by atoms with E-state index in [4.69, 9.17) is 17.0 Å². The maximum absolute atomic E-state index is 14.9. The molecule has 4 rings (SSSR count). The summed E-state index contributed by atoms with van der Waals surface area (Å²) in [5.74, 6) is -0.391. The summed E-state index contributed by atoms with van der Waals surface area (Å²) in [5.41, 5.74) is 4.41. The molecule has 188 valence electrons.